The Balaban J connectivity index is 1.64. The SMILES string of the molecule is Cc1ccc(S(=O)(=O)N[C@@H](Cc2ccccc2)C(=O)NCCCC[C@@H](CO)N(CC(C)C)S(=O)(=O)c2ccc(C)cc2)cc1. The van der Waals surface area contributed by atoms with E-state index in [2.05, 4.69) is 10.0 Å². The van der Waals surface area contributed by atoms with Gasteiger partial charge in [0.25, 0.3) is 0 Å². The fraction of sp³-hybridized carbons (Fsp3) is 0.424. The molecule has 2 atom stereocenters. The molecule has 0 heterocycles. The Hall–Kier alpha value is -3.09. The highest BCUT2D eigenvalue weighted by Crippen LogP contribution is 2.23. The average Bonchev–Trinajstić information content (AvgIpc) is 2.98. The number of nitrogens with zero attached hydrogens (tertiary/aromatic N) is 1. The highest BCUT2D eigenvalue weighted by Gasteiger charge is 2.31. The van der Waals surface area contributed by atoms with Crippen molar-refractivity contribution in [3.05, 3.63) is 95.6 Å². The molecule has 3 N–H and O–H groups in total. The largest absolute Gasteiger partial charge is 0.395 e. The van der Waals surface area contributed by atoms with Crippen molar-refractivity contribution in [1.29, 1.82) is 0 Å². The van der Waals surface area contributed by atoms with Gasteiger partial charge in [-0.2, -0.15) is 9.03 Å². The molecule has 3 rings (SSSR count). The summed E-state index contributed by atoms with van der Waals surface area (Å²) in [5.74, 6) is -0.402. The van der Waals surface area contributed by atoms with E-state index in [0.29, 0.717) is 19.3 Å². The second kappa shape index (κ2) is 16.3. The number of nitrogens with one attached hydrogen (secondary N) is 2. The molecule has 44 heavy (non-hydrogen) atoms. The van der Waals surface area contributed by atoms with Gasteiger partial charge in [-0.3, -0.25) is 4.79 Å². The number of unbranched alkanes of at least 4 members (excludes halogenated alkanes) is 1. The second-order valence-electron chi connectivity index (χ2n) is 11.6. The van der Waals surface area contributed by atoms with Gasteiger partial charge in [0, 0.05) is 19.1 Å². The first-order valence-corrected chi connectivity index (χ1v) is 17.9. The molecule has 0 radical (unpaired) electrons. The van der Waals surface area contributed by atoms with Gasteiger partial charge in [0.15, 0.2) is 0 Å². The maximum Gasteiger partial charge on any atom is 0.243 e. The summed E-state index contributed by atoms with van der Waals surface area (Å²) in [6.45, 7) is 7.82. The Morgan fingerprint density at radius 3 is 1.93 bits per heavy atom. The van der Waals surface area contributed by atoms with Gasteiger partial charge in [-0.1, -0.05) is 86.0 Å². The van der Waals surface area contributed by atoms with E-state index < -0.39 is 38.0 Å². The Kier molecular flexibility index (Phi) is 13.1. The van der Waals surface area contributed by atoms with Crippen LogP contribution in [0.5, 0.6) is 0 Å². The van der Waals surface area contributed by atoms with Crippen LogP contribution in [-0.2, 0) is 31.3 Å². The zero-order valence-corrected chi connectivity index (χ0v) is 27.6. The van der Waals surface area contributed by atoms with Crippen molar-refractivity contribution in [1.82, 2.24) is 14.3 Å². The number of carbonyl (C=O) groups is 1. The van der Waals surface area contributed by atoms with Gasteiger partial charge in [0.05, 0.1) is 16.4 Å². The first kappa shape index (κ1) is 35.4. The summed E-state index contributed by atoms with van der Waals surface area (Å²) in [7, 11) is -7.78. The molecule has 0 aromatic heterocycles. The molecule has 0 aliphatic carbocycles. The molecule has 11 heteroatoms. The van der Waals surface area contributed by atoms with Crippen LogP contribution in [0, 0.1) is 19.8 Å². The van der Waals surface area contributed by atoms with Crippen LogP contribution in [0.15, 0.2) is 88.7 Å². The minimum Gasteiger partial charge on any atom is -0.395 e. The average molecular weight is 644 g/mol. The molecule has 0 bridgehead atoms. The van der Waals surface area contributed by atoms with Gasteiger partial charge in [-0.15, -0.1) is 0 Å². The lowest BCUT2D eigenvalue weighted by molar-refractivity contribution is -0.122. The number of aliphatic hydroxyl groups excluding tert-OH is 1. The van der Waals surface area contributed by atoms with Gasteiger partial charge < -0.3 is 10.4 Å². The number of carbonyl (C=O) groups excluding carboxylic acids is 1. The van der Waals surface area contributed by atoms with Crippen molar-refractivity contribution in [2.75, 3.05) is 19.7 Å². The lowest BCUT2D eigenvalue weighted by Crippen LogP contribution is -2.48. The number of aryl methyl sites for hydroxylation is 2. The first-order chi connectivity index (χ1) is 20.8. The number of amides is 1. The van der Waals surface area contributed by atoms with E-state index >= 15 is 0 Å². The summed E-state index contributed by atoms with van der Waals surface area (Å²) in [4.78, 5) is 13.5. The molecular formula is C33H45N3O6S2. The quantitative estimate of drug-likeness (QED) is 0.189. The molecule has 1 amide bonds. The summed E-state index contributed by atoms with van der Waals surface area (Å²) in [6, 6.07) is 20.6. The third-order valence-corrected chi connectivity index (χ3v) is 10.7. The summed E-state index contributed by atoms with van der Waals surface area (Å²) >= 11 is 0. The molecule has 0 aliphatic heterocycles. The highest BCUT2D eigenvalue weighted by atomic mass is 32.2. The predicted molar refractivity (Wildman–Crippen MR) is 173 cm³/mol. The van der Waals surface area contributed by atoms with Crippen molar-refractivity contribution >= 4 is 26.0 Å². The minimum absolute atomic E-state index is 0.0498. The van der Waals surface area contributed by atoms with E-state index in [-0.39, 0.29) is 41.8 Å². The Labute approximate surface area is 262 Å². The van der Waals surface area contributed by atoms with Crippen molar-refractivity contribution < 1.29 is 26.7 Å². The molecule has 0 spiro atoms. The smallest absolute Gasteiger partial charge is 0.243 e. The van der Waals surface area contributed by atoms with Crippen molar-refractivity contribution in [3.8, 4) is 0 Å². The van der Waals surface area contributed by atoms with Crippen molar-refractivity contribution in [2.24, 2.45) is 5.92 Å². The molecule has 0 saturated carbocycles. The van der Waals surface area contributed by atoms with E-state index in [4.69, 9.17) is 0 Å². The predicted octanol–water partition coefficient (Wildman–Crippen LogP) is 4.19. The van der Waals surface area contributed by atoms with Crippen LogP contribution in [0.3, 0.4) is 0 Å². The number of hydrogen-bond donors (Lipinski definition) is 3. The second-order valence-corrected chi connectivity index (χ2v) is 15.2. The number of hydrogen-bond acceptors (Lipinski definition) is 6. The molecular weight excluding hydrogens is 599 g/mol. The van der Waals surface area contributed by atoms with Crippen LogP contribution in [-0.4, -0.2) is 63.9 Å². The fourth-order valence-electron chi connectivity index (χ4n) is 4.83. The first-order valence-electron chi connectivity index (χ1n) is 14.9. The summed E-state index contributed by atoms with van der Waals surface area (Å²) < 4.78 is 57.2. The van der Waals surface area contributed by atoms with Crippen LogP contribution in [0.1, 0.15) is 49.8 Å². The molecule has 9 nitrogen and oxygen atoms in total. The Morgan fingerprint density at radius 2 is 1.39 bits per heavy atom. The van der Waals surface area contributed by atoms with Gasteiger partial charge in [-0.05, 0) is 68.9 Å². The van der Waals surface area contributed by atoms with Crippen LogP contribution < -0.4 is 10.0 Å². The number of aliphatic hydroxyl groups is 1. The maximum absolute atomic E-state index is 13.5. The summed E-state index contributed by atoms with van der Waals surface area (Å²) in [5, 5.41) is 13.0. The van der Waals surface area contributed by atoms with E-state index in [1.54, 1.807) is 36.4 Å². The Bertz CT molecular complexity index is 1540. The molecule has 0 unspecified atom stereocenters. The zero-order chi connectivity index (χ0) is 32.3. The van der Waals surface area contributed by atoms with E-state index in [1.807, 2.05) is 58.0 Å². The van der Waals surface area contributed by atoms with E-state index in [1.165, 1.54) is 16.4 Å². The Morgan fingerprint density at radius 1 is 0.818 bits per heavy atom. The van der Waals surface area contributed by atoms with Gasteiger partial charge in [0.1, 0.15) is 6.04 Å². The fourth-order valence-corrected chi connectivity index (χ4v) is 7.83. The molecule has 3 aromatic carbocycles. The van der Waals surface area contributed by atoms with Crippen molar-refractivity contribution in [2.45, 2.75) is 75.3 Å². The normalized spacial score (nSPS) is 13.6. The van der Waals surface area contributed by atoms with Crippen LogP contribution in [0.2, 0.25) is 0 Å². The van der Waals surface area contributed by atoms with Gasteiger partial charge >= 0.3 is 0 Å². The van der Waals surface area contributed by atoms with Gasteiger partial charge in [-0.25, -0.2) is 16.8 Å². The lowest BCUT2D eigenvalue weighted by atomic mass is 10.1. The molecule has 3 aromatic rings. The topological polar surface area (TPSA) is 133 Å². The number of sulfonamides is 2. The standard InChI is InChI=1S/C33H45N3O6S2/c1-25(2)23-36(44(41,42)31-19-15-27(4)16-20-31)29(24-37)12-8-9-21-34-33(38)32(22-28-10-6-5-7-11-28)35-43(39,40)30-17-13-26(3)14-18-30/h5-7,10-11,13-20,25,29,32,35,37H,8-9,12,21-24H2,1-4H3,(H,34,38)/t29-,32-/m0/s1. The lowest BCUT2D eigenvalue weighted by Gasteiger charge is -2.31. The van der Waals surface area contributed by atoms with Crippen LogP contribution in [0.4, 0.5) is 0 Å². The maximum atomic E-state index is 13.5. The van der Waals surface area contributed by atoms with E-state index in [9.17, 15) is 26.7 Å². The zero-order valence-electron chi connectivity index (χ0n) is 25.9. The summed E-state index contributed by atoms with van der Waals surface area (Å²) in [6.07, 6.45) is 1.64. The molecule has 0 fully saturated rings. The van der Waals surface area contributed by atoms with Crippen LogP contribution >= 0.6 is 0 Å². The number of rotatable bonds is 17. The molecule has 0 aliphatic rings. The summed E-state index contributed by atoms with van der Waals surface area (Å²) in [5.41, 5.74) is 2.69. The van der Waals surface area contributed by atoms with Crippen LogP contribution in [0.25, 0.3) is 0 Å². The number of benzene rings is 3. The molecule has 0 saturated heterocycles. The highest BCUT2D eigenvalue weighted by molar-refractivity contribution is 7.89. The van der Waals surface area contributed by atoms with Gasteiger partial charge in [0.2, 0.25) is 26.0 Å². The third kappa shape index (κ3) is 10.2. The monoisotopic (exact) mass is 643 g/mol. The minimum atomic E-state index is -3.95. The third-order valence-electron chi connectivity index (χ3n) is 7.28. The molecule has 240 valence electrons. The van der Waals surface area contributed by atoms with E-state index in [0.717, 1.165) is 16.7 Å². The van der Waals surface area contributed by atoms with Crippen molar-refractivity contribution in [3.63, 3.8) is 0 Å².